The van der Waals surface area contributed by atoms with Crippen molar-refractivity contribution in [1.29, 1.82) is 0 Å². The van der Waals surface area contributed by atoms with Crippen LogP contribution in [0.4, 0.5) is 5.95 Å². The number of hydrogen-bond acceptors (Lipinski definition) is 5. The maximum Gasteiger partial charge on any atom is 0.234 e. The van der Waals surface area contributed by atoms with E-state index >= 15 is 0 Å². The van der Waals surface area contributed by atoms with Gasteiger partial charge in [-0.15, -0.1) is 0 Å². The first kappa shape index (κ1) is 14.7. The molecule has 20 heavy (non-hydrogen) atoms. The number of nitrogens with two attached hydrogens (primary N) is 1. The first-order valence-electron chi connectivity index (χ1n) is 7.01. The number of nitrogens with zero attached hydrogens (tertiary/aromatic N) is 2. The number of anilines is 1. The van der Waals surface area contributed by atoms with E-state index in [0.717, 1.165) is 31.4 Å². The zero-order chi connectivity index (χ0) is 14.6. The summed E-state index contributed by atoms with van der Waals surface area (Å²) in [6, 6.07) is 1.72. The Hall–Kier alpha value is -1.69. The first-order valence-corrected chi connectivity index (χ1v) is 7.01. The number of ether oxygens (including phenoxy) is 1. The zero-order valence-electron chi connectivity index (χ0n) is 12.1. The fourth-order valence-electron chi connectivity index (χ4n) is 2.69. The minimum absolute atomic E-state index is 0.0765. The van der Waals surface area contributed by atoms with Crippen LogP contribution in [0.2, 0.25) is 0 Å². The third kappa shape index (κ3) is 3.07. The first-order chi connectivity index (χ1) is 9.59. The second-order valence-corrected chi connectivity index (χ2v) is 5.37. The van der Waals surface area contributed by atoms with Crippen LogP contribution in [0.3, 0.4) is 0 Å². The molecule has 0 saturated heterocycles. The van der Waals surface area contributed by atoms with Crippen molar-refractivity contribution in [2.75, 3.05) is 19.0 Å². The van der Waals surface area contributed by atoms with Crippen LogP contribution in [0, 0.1) is 12.3 Å². The fraction of sp³-hybridized carbons (Fsp3) is 0.643. The maximum absolute atomic E-state index is 12.5. The SMILES string of the molecule is COc1cc(C)nc(NC(=O)C2(CN)CCCCC2)n1. The molecule has 2 rings (SSSR count). The van der Waals surface area contributed by atoms with Crippen LogP contribution >= 0.6 is 0 Å². The van der Waals surface area contributed by atoms with E-state index in [1.165, 1.54) is 13.5 Å². The van der Waals surface area contributed by atoms with Crippen LogP contribution in [0.1, 0.15) is 37.8 Å². The largest absolute Gasteiger partial charge is 0.481 e. The molecule has 0 aromatic carbocycles. The molecule has 6 nitrogen and oxygen atoms in total. The van der Waals surface area contributed by atoms with Crippen LogP contribution in [0.5, 0.6) is 5.88 Å². The summed E-state index contributed by atoms with van der Waals surface area (Å²) in [5.41, 5.74) is 6.13. The van der Waals surface area contributed by atoms with Crippen molar-refractivity contribution in [2.24, 2.45) is 11.1 Å². The molecule has 1 aliphatic carbocycles. The monoisotopic (exact) mass is 278 g/mol. The number of amides is 1. The number of hydrogen-bond donors (Lipinski definition) is 2. The Morgan fingerprint density at radius 1 is 1.40 bits per heavy atom. The predicted molar refractivity (Wildman–Crippen MR) is 76.5 cm³/mol. The minimum Gasteiger partial charge on any atom is -0.481 e. The molecule has 3 N–H and O–H groups in total. The maximum atomic E-state index is 12.5. The van der Waals surface area contributed by atoms with Gasteiger partial charge in [-0.2, -0.15) is 4.98 Å². The third-order valence-electron chi connectivity index (χ3n) is 3.95. The number of methoxy groups -OCH3 is 1. The fourth-order valence-corrected chi connectivity index (χ4v) is 2.69. The van der Waals surface area contributed by atoms with E-state index in [0.29, 0.717) is 12.4 Å². The summed E-state index contributed by atoms with van der Waals surface area (Å²) in [6.07, 6.45) is 4.92. The van der Waals surface area contributed by atoms with Gasteiger partial charge in [0.2, 0.25) is 17.7 Å². The Morgan fingerprint density at radius 3 is 2.70 bits per heavy atom. The normalized spacial score (nSPS) is 17.6. The van der Waals surface area contributed by atoms with Crippen LogP contribution in [-0.4, -0.2) is 29.5 Å². The molecule has 6 heteroatoms. The second kappa shape index (κ2) is 6.17. The second-order valence-electron chi connectivity index (χ2n) is 5.37. The van der Waals surface area contributed by atoms with E-state index in [1.807, 2.05) is 6.92 Å². The van der Waals surface area contributed by atoms with Gasteiger partial charge in [-0.1, -0.05) is 19.3 Å². The van der Waals surface area contributed by atoms with Crippen molar-refractivity contribution >= 4 is 11.9 Å². The average molecular weight is 278 g/mol. The molecule has 1 saturated carbocycles. The molecule has 0 radical (unpaired) electrons. The van der Waals surface area contributed by atoms with Gasteiger partial charge in [0.15, 0.2) is 0 Å². The minimum atomic E-state index is -0.474. The summed E-state index contributed by atoms with van der Waals surface area (Å²) in [5.74, 6) is 0.649. The van der Waals surface area contributed by atoms with Crippen LogP contribution in [0.25, 0.3) is 0 Å². The zero-order valence-corrected chi connectivity index (χ0v) is 12.1. The molecule has 0 bridgehead atoms. The van der Waals surface area contributed by atoms with Crippen LogP contribution in [0.15, 0.2) is 6.07 Å². The number of nitrogens with one attached hydrogen (secondary N) is 1. The molecule has 1 aromatic heterocycles. The van der Waals surface area contributed by atoms with Crippen molar-refractivity contribution in [3.63, 3.8) is 0 Å². The summed E-state index contributed by atoms with van der Waals surface area (Å²) >= 11 is 0. The van der Waals surface area contributed by atoms with E-state index < -0.39 is 5.41 Å². The highest BCUT2D eigenvalue weighted by Crippen LogP contribution is 2.36. The molecule has 1 amide bonds. The summed E-state index contributed by atoms with van der Waals surface area (Å²) in [7, 11) is 1.54. The van der Waals surface area contributed by atoms with Gasteiger partial charge in [0, 0.05) is 18.3 Å². The Labute approximate surface area is 119 Å². The quantitative estimate of drug-likeness (QED) is 0.873. The Balaban J connectivity index is 2.15. The molecule has 0 atom stereocenters. The predicted octanol–water partition coefficient (Wildman–Crippen LogP) is 1.64. The number of carbonyl (C=O) groups is 1. The Bertz CT molecular complexity index is 484. The van der Waals surface area contributed by atoms with Gasteiger partial charge in [-0.25, -0.2) is 4.98 Å². The number of aryl methyl sites for hydroxylation is 1. The average Bonchev–Trinajstić information content (AvgIpc) is 2.47. The smallest absolute Gasteiger partial charge is 0.234 e. The molecule has 1 heterocycles. The van der Waals surface area contributed by atoms with Crippen molar-refractivity contribution in [2.45, 2.75) is 39.0 Å². The van der Waals surface area contributed by atoms with Crippen molar-refractivity contribution in [1.82, 2.24) is 9.97 Å². The standard InChI is InChI=1S/C14H22N4O2/c1-10-8-11(20-2)17-13(16-10)18-12(19)14(9-15)6-4-3-5-7-14/h8H,3-7,9,15H2,1-2H3,(H,16,17,18,19). The summed E-state index contributed by atoms with van der Waals surface area (Å²) in [5, 5.41) is 2.80. The Morgan fingerprint density at radius 2 is 2.10 bits per heavy atom. The van der Waals surface area contributed by atoms with Crippen LogP contribution < -0.4 is 15.8 Å². The van der Waals surface area contributed by atoms with Gasteiger partial charge < -0.3 is 10.5 Å². The van der Waals surface area contributed by atoms with Gasteiger partial charge in [0.05, 0.1) is 12.5 Å². The Kier molecular flexibility index (Phi) is 4.54. The number of rotatable bonds is 4. The van der Waals surface area contributed by atoms with E-state index in [4.69, 9.17) is 10.5 Å². The van der Waals surface area contributed by atoms with Crippen molar-refractivity contribution in [3.05, 3.63) is 11.8 Å². The van der Waals surface area contributed by atoms with Gasteiger partial charge in [0.1, 0.15) is 0 Å². The molecule has 0 spiro atoms. The van der Waals surface area contributed by atoms with E-state index in [9.17, 15) is 4.79 Å². The molecule has 0 unspecified atom stereocenters. The van der Waals surface area contributed by atoms with E-state index in [-0.39, 0.29) is 11.9 Å². The lowest BCUT2D eigenvalue weighted by Crippen LogP contribution is -2.44. The molecule has 1 aromatic rings. The summed E-state index contributed by atoms with van der Waals surface area (Å²) < 4.78 is 5.09. The van der Waals surface area contributed by atoms with E-state index in [2.05, 4.69) is 15.3 Å². The molecule has 1 fully saturated rings. The topological polar surface area (TPSA) is 90.1 Å². The van der Waals surface area contributed by atoms with E-state index in [1.54, 1.807) is 6.07 Å². The molecule has 1 aliphatic rings. The third-order valence-corrected chi connectivity index (χ3v) is 3.95. The summed E-state index contributed by atoms with van der Waals surface area (Å²) in [6.45, 7) is 2.20. The molecule has 0 aliphatic heterocycles. The van der Waals surface area contributed by atoms with Gasteiger partial charge >= 0.3 is 0 Å². The van der Waals surface area contributed by atoms with Gasteiger partial charge in [0.25, 0.3) is 0 Å². The van der Waals surface area contributed by atoms with Crippen LogP contribution in [-0.2, 0) is 4.79 Å². The molecule has 110 valence electrons. The highest BCUT2D eigenvalue weighted by molar-refractivity contribution is 5.94. The lowest BCUT2D eigenvalue weighted by Gasteiger charge is -2.34. The van der Waals surface area contributed by atoms with Gasteiger partial charge in [-0.3, -0.25) is 10.1 Å². The summed E-state index contributed by atoms with van der Waals surface area (Å²) in [4.78, 5) is 20.9. The lowest BCUT2D eigenvalue weighted by molar-refractivity contribution is -0.126. The molecular weight excluding hydrogens is 256 g/mol. The van der Waals surface area contributed by atoms with Crippen molar-refractivity contribution in [3.8, 4) is 5.88 Å². The number of aromatic nitrogens is 2. The number of carbonyl (C=O) groups excluding carboxylic acids is 1. The highest BCUT2D eigenvalue weighted by Gasteiger charge is 2.38. The van der Waals surface area contributed by atoms with Crippen molar-refractivity contribution < 1.29 is 9.53 Å². The highest BCUT2D eigenvalue weighted by atomic mass is 16.5. The van der Waals surface area contributed by atoms with Gasteiger partial charge in [-0.05, 0) is 19.8 Å². The lowest BCUT2D eigenvalue weighted by atomic mass is 9.73. The molecular formula is C14H22N4O2.